The van der Waals surface area contributed by atoms with Gasteiger partial charge in [-0.3, -0.25) is 5.43 Å². The van der Waals surface area contributed by atoms with Crippen molar-refractivity contribution < 1.29 is 0 Å². The fourth-order valence-corrected chi connectivity index (χ4v) is 2.79. The van der Waals surface area contributed by atoms with Crippen LogP contribution in [0.5, 0.6) is 0 Å². The molecule has 0 aliphatic rings. The molecule has 0 saturated carbocycles. The highest BCUT2D eigenvalue weighted by atomic mass is 32.2. The second-order valence-electron chi connectivity index (χ2n) is 3.15. The highest BCUT2D eigenvalue weighted by Gasteiger charge is 2.07. The molecule has 2 heterocycles. The number of nitrogens with two attached hydrogens (primary N) is 1. The maximum Gasteiger partial charge on any atom is 0.197 e. The minimum Gasteiger partial charge on any atom is -0.309 e. The fourth-order valence-electron chi connectivity index (χ4n) is 1.09. The Kier molecular flexibility index (Phi) is 3.42. The second kappa shape index (κ2) is 4.81. The van der Waals surface area contributed by atoms with Crippen LogP contribution in [-0.4, -0.2) is 19.7 Å². The predicted octanol–water partition coefficient (Wildman–Crippen LogP) is 1.16. The summed E-state index contributed by atoms with van der Waals surface area (Å²) in [6, 6.07) is 0. The van der Waals surface area contributed by atoms with E-state index in [2.05, 4.69) is 20.6 Å². The second-order valence-corrected chi connectivity index (χ2v) is 5.21. The van der Waals surface area contributed by atoms with E-state index in [1.54, 1.807) is 11.8 Å². The molecule has 3 N–H and O–H groups in total. The normalized spacial score (nSPS) is 10.7. The quantitative estimate of drug-likeness (QED) is 0.485. The number of thioether (sulfide) groups is 1. The molecule has 0 spiro atoms. The van der Waals surface area contributed by atoms with Crippen molar-refractivity contribution in [1.82, 2.24) is 19.7 Å². The highest BCUT2D eigenvalue weighted by molar-refractivity contribution is 7.98. The number of hydrogen-bond donors (Lipinski definition) is 2. The van der Waals surface area contributed by atoms with E-state index in [-0.39, 0.29) is 0 Å². The molecule has 6 nitrogen and oxygen atoms in total. The molecule has 0 fully saturated rings. The van der Waals surface area contributed by atoms with Crippen molar-refractivity contribution in [3.05, 3.63) is 16.9 Å². The Hall–Kier alpha value is -1.12. The van der Waals surface area contributed by atoms with Gasteiger partial charge in [-0.2, -0.15) is 0 Å². The molecule has 2 rings (SSSR count). The first-order chi connectivity index (χ1) is 7.70. The zero-order valence-electron chi connectivity index (χ0n) is 8.97. The largest absolute Gasteiger partial charge is 0.309 e. The van der Waals surface area contributed by atoms with Crippen molar-refractivity contribution >= 4 is 28.2 Å². The van der Waals surface area contributed by atoms with Crippen LogP contribution in [0.1, 0.15) is 10.7 Å². The van der Waals surface area contributed by atoms with Gasteiger partial charge in [0.1, 0.15) is 5.82 Å². The summed E-state index contributed by atoms with van der Waals surface area (Å²) in [5.41, 5.74) is 2.53. The zero-order chi connectivity index (χ0) is 11.5. The third-order valence-electron chi connectivity index (χ3n) is 2.07. The van der Waals surface area contributed by atoms with Gasteiger partial charge < -0.3 is 4.57 Å². The van der Waals surface area contributed by atoms with Crippen LogP contribution in [0.25, 0.3) is 0 Å². The van der Waals surface area contributed by atoms with E-state index in [1.165, 1.54) is 11.3 Å². The van der Waals surface area contributed by atoms with Crippen molar-refractivity contribution in [3.63, 3.8) is 0 Å². The van der Waals surface area contributed by atoms with Crippen LogP contribution in [-0.2, 0) is 12.8 Å². The summed E-state index contributed by atoms with van der Waals surface area (Å²) in [6.45, 7) is 1.93. The van der Waals surface area contributed by atoms with E-state index in [9.17, 15) is 0 Å². The Morgan fingerprint density at radius 1 is 1.56 bits per heavy atom. The number of nitrogens with zero attached hydrogens (tertiary/aromatic N) is 4. The first-order valence-corrected chi connectivity index (χ1v) is 6.41. The average molecular weight is 256 g/mol. The van der Waals surface area contributed by atoms with Gasteiger partial charge in [-0.25, -0.2) is 10.8 Å². The van der Waals surface area contributed by atoms with Gasteiger partial charge in [0, 0.05) is 23.9 Å². The van der Waals surface area contributed by atoms with E-state index < -0.39 is 0 Å². The molecule has 0 aliphatic carbocycles. The lowest BCUT2D eigenvalue weighted by molar-refractivity contribution is 0.765. The van der Waals surface area contributed by atoms with E-state index >= 15 is 0 Å². The van der Waals surface area contributed by atoms with E-state index in [0.29, 0.717) is 0 Å². The SMILES string of the molecule is Cc1nnc(SCc2cnc(NN)s2)n1C. The summed E-state index contributed by atoms with van der Waals surface area (Å²) in [4.78, 5) is 5.25. The molecular formula is C8H12N6S2. The molecule has 0 amide bonds. The number of hydrazine groups is 1. The summed E-state index contributed by atoms with van der Waals surface area (Å²) in [7, 11) is 1.96. The summed E-state index contributed by atoms with van der Waals surface area (Å²) in [5, 5.41) is 9.71. The zero-order valence-corrected chi connectivity index (χ0v) is 10.6. The number of rotatable bonds is 4. The van der Waals surface area contributed by atoms with Gasteiger partial charge in [0.15, 0.2) is 10.3 Å². The Labute approximate surface area is 101 Å². The van der Waals surface area contributed by atoms with Gasteiger partial charge in [0.2, 0.25) is 0 Å². The minimum atomic E-state index is 0.727. The third-order valence-corrected chi connectivity index (χ3v) is 4.25. The van der Waals surface area contributed by atoms with Gasteiger partial charge in [-0.15, -0.1) is 21.5 Å². The number of nitrogens with one attached hydrogen (secondary N) is 1. The van der Waals surface area contributed by atoms with Crippen LogP contribution in [0.15, 0.2) is 11.4 Å². The lowest BCUT2D eigenvalue weighted by Gasteiger charge is -1.98. The maximum atomic E-state index is 5.26. The minimum absolute atomic E-state index is 0.727. The molecule has 0 bridgehead atoms. The van der Waals surface area contributed by atoms with Crippen LogP contribution in [0.2, 0.25) is 0 Å². The van der Waals surface area contributed by atoms with E-state index in [4.69, 9.17) is 5.84 Å². The van der Waals surface area contributed by atoms with Crippen LogP contribution in [0.4, 0.5) is 5.13 Å². The van der Waals surface area contributed by atoms with Crippen molar-refractivity contribution in [2.75, 3.05) is 5.43 Å². The van der Waals surface area contributed by atoms with Gasteiger partial charge in [0.05, 0.1) is 0 Å². The number of anilines is 1. The lowest BCUT2D eigenvalue weighted by Crippen LogP contribution is -2.05. The van der Waals surface area contributed by atoms with Gasteiger partial charge >= 0.3 is 0 Å². The molecule has 0 aromatic carbocycles. The van der Waals surface area contributed by atoms with Crippen molar-refractivity contribution in [2.45, 2.75) is 17.8 Å². The van der Waals surface area contributed by atoms with Gasteiger partial charge in [-0.05, 0) is 6.92 Å². The van der Waals surface area contributed by atoms with Crippen molar-refractivity contribution in [1.29, 1.82) is 0 Å². The third kappa shape index (κ3) is 2.34. The Morgan fingerprint density at radius 3 is 2.94 bits per heavy atom. The maximum absolute atomic E-state index is 5.26. The summed E-state index contributed by atoms with van der Waals surface area (Å²) < 4.78 is 1.97. The highest BCUT2D eigenvalue weighted by Crippen LogP contribution is 2.25. The van der Waals surface area contributed by atoms with Crippen molar-refractivity contribution in [2.24, 2.45) is 12.9 Å². The predicted molar refractivity (Wildman–Crippen MR) is 65.2 cm³/mol. The standard InChI is InChI=1S/C8H12N6S2/c1-5-12-13-8(14(5)2)15-4-6-3-10-7(11-9)16-6/h3H,4,9H2,1-2H3,(H,10,11). The molecular weight excluding hydrogens is 244 g/mol. The summed E-state index contributed by atoms with van der Waals surface area (Å²) >= 11 is 3.18. The molecule has 0 saturated heterocycles. The summed E-state index contributed by atoms with van der Waals surface area (Å²) in [6.07, 6.45) is 1.82. The Morgan fingerprint density at radius 2 is 2.38 bits per heavy atom. The van der Waals surface area contributed by atoms with Crippen LogP contribution < -0.4 is 11.3 Å². The van der Waals surface area contributed by atoms with Crippen LogP contribution in [0.3, 0.4) is 0 Å². The number of aromatic nitrogens is 4. The van der Waals surface area contributed by atoms with Gasteiger partial charge in [0.25, 0.3) is 0 Å². The molecule has 0 atom stereocenters. The molecule has 0 aliphatic heterocycles. The lowest BCUT2D eigenvalue weighted by atomic mass is 10.6. The van der Waals surface area contributed by atoms with Crippen LogP contribution in [0, 0.1) is 6.92 Å². The summed E-state index contributed by atoms with van der Waals surface area (Å²) in [5.74, 6) is 7.00. The Balaban J connectivity index is 1.99. The number of nitrogen functional groups attached to an aromatic ring is 1. The fraction of sp³-hybridized carbons (Fsp3) is 0.375. The first kappa shape index (κ1) is 11.4. The Bertz CT molecular complexity index is 477. The number of aryl methyl sites for hydroxylation is 1. The molecule has 8 heteroatoms. The first-order valence-electron chi connectivity index (χ1n) is 4.61. The molecule has 86 valence electrons. The smallest absolute Gasteiger partial charge is 0.197 e. The van der Waals surface area contributed by atoms with Gasteiger partial charge in [-0.1, -0.05) is 11.8 Å². The molecule has 2 aromatic heterocycles. The average Bonchev–Trinajstić information content (AvgIpc) is 2.86. The van der Waals surface area contributed by atoms with Crippen LogP contribution >= 0.6 is 23.1 Å². The topological polar surface area (TPSA) is 81.7 Å². The number of thiazole rings is 1. The van der Waals surface area contributed by atoms with E-state index in [0.717, 1.165) is 26.7 Å². The molecule has 16 heavy (non-hydrogen) atoms. The van der Waals surface area contributed by atoms with E-state index in [1.807, 2.05) is 24.7 Å². The molecule has 0 unspecified atom stereocenters. The molecule has 0 radical (unpaired) electrons. The van der Waals surface area contributed by atoms with Crippen molar-refractivity contribution in [3.8, 4) is 0 Å². The monoisotopic (exact) mass is 256 g/mol. The number of hydrogen-bond acceptors (Lipinski definition) is 7. The molecule has 2 aromatic rings.